The average Bonchev–Trinajstić information content (AvgIpc) is 3.10. The van der Waals surface area contributed by atoms with Crippen LogP contribution in [0.3, 0.4) is 0 Å². The molecule has 2 saturated heterocycles. The number of methoxy groups -OCH3 is 1. The third-order valence-corrected chi connectivity index (χ3v) is 5.17. The van der Waals surface area contributed by atoms with Crippen LogP contribution >= 0.6 is 0 Å². The van der Waals surface area contributed by atoms with Gasteiger partial charge < -0.3 is 19.9 Å². The lowest BCUT2D eigenvalue weighted by molar-refractivity contribution is -0.126. The predicted octanol–water partition coefficient (Wildman–Crippen LogP) is 0.679. The molecular weight excluding hydrogens is 367 g/mol. The molecule has 0 radical (unpaired) electrons. The minimum absolute atomic E-state index is 0.134. The number of carbonyl (C=O) groups excluding carboxylic acids is 3. The highest BCUT2D eigenvalue weighted by Gasteiger charge is 2.35. The summed E-state index contributed by atoms with van der Waals surface area (Å²) in [6.45, 7) is 4.13. The summed E-state index contributed by atoms with van der Waals surface area (Å²) in [6, 6.07) is 5.69. The summed E-state index contributed by atoms with van der Waals surface area (Å²) in [5, 5.41) is 2.89. The molecule has 1 atom stereocenters. The van der Waals surface area contributed by atoms with Crippen LogP contribution in [0, 0.1) is 11.7 Å². The van der Waals surface area contributed by atoms with Crippen LogP contribution in [0.1, 0.15) is 6.42 Å². The third kappa shape index (κ3) is 4.78. The Balaban J connectivity index is 1.40. The van der Waals surface area contributed by atoms with Crippen LogP contribution in [-0.4, -0.2) is 80.6 Å². The molecule has 2 aliphatic rings. The maximum Gasteiger partial charge on any atom is 0.409 e. The molecule has 0 saturated carbocycles. The van der Waals surface area contributed by atoms with Crippen LogP contribution in [-0.2, 0) is 14.3 Å². The third-order valence-electron chi connectivity index (χ3n) is 5.17. The highest BCUT2D eigenvalue weighted by Crippen LogP contribution is 2.25. The van der Waals surface area contributed by atoms with E-state index in [9.17, 15) is 18.8 Å². The van der Waals surface area contributed by atoms with E-state index in [4.69, 9.17) is 4.74 Å². The Hall–Kier alpha value is -2.68. The number of rotatable bonds is 5. The highest BCUT2D eigenvalue weighted by atomic mass is 19.1. The summed E-state index contributed by atoms with van der Waals surface area (Å²) < 4.78 is 17.8. The number of benzene rings is 1. The molecule has 0 aliphatic carbocycles. The molecule has 152 valence electrons. The van der Waals surface area contributed by atoms with E-state index in [0.29, 0.717) is 38.4 Å². The van der Waals surface area contributed by atoms with E-state index >= 15 is 0 Å². The van der Waals surface area contributed by atoms with E-state index < -0.39 is 5.92 Å². The summed E-state index contributed by atoms with van der Waals surface area (Å²) in [7, 11) is 1.37. The fourth-order valence-electron chi connectivity index (χ4n) is 3.52. The van der Waals surface area contributed by atoms with Crippen LogP contribution in [0.5, 0.6) is 0 Å². The summed E-state index contributed by atoms with van der Waals surface area (Å²) in [5.41, 5.74) is 0.602. The highest BCUT2D eigenvalue weighted by molar-refractivity contribution is 6.00. The first-order chi connectivity index (χ1) is 13.5. The minimum atomic E-state index is -0.409. The normalized spacial score (nSPS) is 20.4. The lowest BCUT2D eigenvalue weighted by Crippen LogP contribution is -2.50. The van der Waals surface area contributed by atoms with Crippen molar-refractivity contribution in [3.63, 3.8) is 0 Å². The Kier molecular flexibility index (Phi) is 6.45. The van der Waals surface area contributed by atoms with Crippen molar-refractivity contribution in [3.05, 3.63) is 30.1 Å². The standard InChI is InChI=1S/C19H25FN4O4/c1-28-19(27)23-10-8-22(9-11-23)7-6-21-18(26)14-12-17(25)24(13-14)16-4-2-15(20)3-5-16/h2-5,14H,6-13H2,1H3,(H,21,26). The van der Waals surface area contributed by atoms with Crippen molar-refractivity contribution in [2.75, 3.05) is 57.8 Å². The van der Waals surface area contributed by atoms with Crippen LogP contribution in [0.25, 0.3) is 0 Å². The Labute approximate surface area is 163 Å². The average molecular weight is 392 g/mol. The van der Waals surface area contributed by atoms with Crippen LogP contribution in [0.4, 0.5) is 14.9 Å². The monoisotopic (exact) mass is 392 g/mol. The van der Waals surface area contributed by atoms with Crippen molar-refractivity contribution in [1.82, 2.24) is 15.1 Å². The molecule has 8 nitrogen and oxygen atoms in total. The molecule has 2 fully saturated rings. The van der Waals surface area contributed by atoms with E-state index in [1.807, 2.05) is 0 Å². The molecule has 3 rings (SSSR count). The molecule has 3 amide bonds. The van der Waals surface area contributed by atoms with E-state index in [1.165, 1.54) is 24.1 Å². The van der Waals surface area contributed by atoms with E-state index in [1.54, 1.807) is 17.0 Å². The number of piperazine rings is 1. The van der Waals surface area contributed by atoms with Crippen LogP contribution in [0.15, 0.2) is 24.3 Å². The Morgan fingerprint density at radius 2 is 1.86 bits per heavy atom. The van der Waals surface area contributed by atoms with Gasteiger partial charge >= 0.3 is 6.09 Å². The second-order valence-corrected chi connectivity index (χ2v) is 6.97. The lowest BCUT2D eigenvalue weighted by atomic mass is 10.1. The molecule has 1 aromatic carbocycles. The van der Waals surface area contributed by atoms with Crippen molar-refractivity contribution >= 4 is 23.6 Å². The van der Waals surface area contributed by atoms with Gasteiger partial charge in [-0.15, -0.1) is 0 Å². The van der Waals surface area contributed by atoms with Gasteiger partial charge in [0.25, 0.3) is 0 Å². The Morgan fingerprint density at radius 3 is 2.50 bits per heavy atom. The van der Waals surface area contributed by atoms with Gasteiger partial charge in [0.2, 0.25) is 11.8 Å². The van der Waals surface area contributed by atoms with E-state index in [2.05, 4.69) is 10.2 Å². The zero-order valence-electron chi connectivity index (χ0n) is 15.9. The van der Waals surface area contributed by atoms with Crippen molar-refractivity contribution in [1.29, 1.82) is 0 Å². The van der Waals surface area contributed by atoms with Gasteiger partial charge in [-0.05, 0) is 24.3 Å². The van der Waals surface area contributed by atoms with Gasteiger partial charge in [0.1, 0.15) is 5.82 Å². The van der Waals surface area contributed by atoms with E-state index in [0.717, 1.165) is 13.1 Å². The molecular formula is C19H25FN4O4. The fraction of sp³-hybridized carbons (Fsp3) is 0.526. The zero-order chi connectivity index (χ0) is 20.1. The van der Waals surface area contributed by atoms with Gasteiger partial charge in [-0.25, -0.2) is 9.18 Å². The second kappa shape index (κ2) is 9.01. The number of hydrogen-bond acceptors (Lipinski definition) is 5. The van der Waals surface area contributed by atoms with Crippen molar-refractivity contribution in [2.24, 2.45) is 5.92 Å². The van der Waals surface area contributed by atoms with Gasteiger partial charge in [-0.3, -0.25) is 14.5 Å². The molecule has 0 aromatic heterocycles. The molecule has 0 bridgehead atoms. The van der Waals surface area contributed by atoms with Crippen molar-refractivity contribution in [2.45, 2.75) is 6.42 Å². The first-order valence-electron chi connectivity index (χ1n) is 9.37. The number of amides is 3. The number of ether oxygens (including phenoxy) is 1. The van der Waals surface area contributed by atoms with Gasteiger partial charge in [0.15, 0.2) is 0 Å². The number of carbonyl (C=O) groups is 3. The molecule has 2 heterocycles. The number of halogens is 1. The van der Waals surface area contributed by atoms with Crippen LogP contribution < -0.4 is 10.2 Å². The summed E-state index contributed by atoms with van der Waals surface area (Å²) in [4.78, 5) is 41.4. The topological polar surface area (TPSA) is 82.2 Å². The minimum Gasteiger partial charge on any atom is -0.453 e. The smallest absolute Gasteiger partial charge is 0.409 e. The molecule has 1 unspecified atom stereocenters. The maximum absolute atomic E-state index is 13.1. The number of nitrogens with one attached hydrogen (secondary N) is 1. The maximum atomic E-state index is 13.1. The van der Waals surface area contributed by atoms with Gasteiger partial charge in [-0.2, -0.15) is 0 Å². The first-order valence-corrected chi connectivity index (χ1v) is 9.37. The number of nitrogens with zero attached hydrogens (tertiary/aromatic N) is 3. The van der Waals surface area contributed by atoms with Crippen molar-refractivity contribution < 1.29 is 23.5 Å². The molecule has 28 heavy (non-hydrogen) atoms. The first kappa shape index (κ1) is 20.1. The number of hydrogen-bond donors (Lipinski definition) is 1. The quantitative estimate of drug-likeness (QED) is 0.797. The largest absolute Gasteiger partial charge is 0.453 e. The predicted molar refractivity (Wildman–Crippen MR) is 100 cm³/mol. The molecule has 1 N–H and O–H groups in total. The van der Waals surface area contributed by atoms with Crippen molar-refractivity contribution in [3.8, 4) is 0 Å². The molecule has 0 spiro atoms. The molecule has 1 aromatic rings. The molecule has 9 heteroatoms. The molecule has 2 aliphatic heterocycles. The van der Waals surface area contributed by atoms with Gasteiger partial charge in [0, 0.05) is 57.9 Å². The van der Waals surface area contributed by atoms with Gasteiger partial charge in [0.05, 0.1) is 13.0 Å². The second-order valence-electron chi connectivity index (χ2n) is 6.97. The zero-order valence-corrected chi connectivity index (χ0v) is 15.9. The fourth-order valence-corrected chi connectivity index (χ4v) is 3.52. The SMILES string of the molecule is COC(=O)N1CCN(CCNC(=O)C2CC(=O)N(c3ccc(F)cc3)C2)CC1. The number of anilines is 1. The summed E-state index contributed by atoms with van der Waals surface area (Å²) in [6.07, 6.45) is -0.161. The Morgan fingerprint density at radius 1 is 1.18 bits per heavy atom. The lowest BCUT2D eigenvalue weighted by Gasteiger charge is -2.33. The van der Waals surface area contributed by atoms with E-state index in [-0.39, 0.29) is 30.1 Å². The van der Waals surface area contributed by atoms with Gasteiger partial charge in [-0.1, -0.05) is 0 Å². The Bertz CT molecular complexity index is 719. The van der Waals surface area contributed by atoms with Crippen LogP contribution in [0.2, 0.25) is 0 Å². The summed E-state index contributed by atoms with van der Waals surface area (Å²) >= 11 is 0. The summed E-state index contributed by atoms with van der Waals surface area (Å²) in [5.74, 6) is -1.05.